The first-order chi connectivity index (χ1) is 8.81. The molecule has 1 N–H and O–H groups in total. The van der Waals surface area contributed by atoms with Crippen molar-refractivity contribution in [2.24, 2.45) is 5.92 Å². The lowest BCUT2D eigenvalue weighted by molar-refractivity contribution is 0.178. The maximum Gasteiger partial charge on any atom is 0.0107 e. The fraction of sp³-hybridized carbons (Fsp3) is 1.00. The van der Waals surface area contributed by atoms with E-state index in [1.807, 2.05) is 0 Å². The summed E-state index contributed by atoms with van der Waals surface area (Å²) in [5.74, 6) is 0.901. The highest BCUT2D eigenvalue weighted by atomic mass is 15.1. The van der Waals surface area contributed by atoms with Crippen molar-refractivity contribution in [3.05, 3.63) is 0 Å². The fourth-order valence-corrected chi connectivity index (χ4v) is 4.00. The van der Waals surface area contributed by atoms with Crippen molar-refractivity contribution in [3.8, 4) is 0 Å². The smallest absolute Gasteiger partial charge is 0.0107 e. The Balaban J connectivity index is 1.79. The van der Waals surface area contributed by atoms with E-state index in [-0.39, 0.29) is 0 Å². The molecule has 2 fully saturated rings. The van der Waals surface area contributed by atoms with Crippen LogP contribution >= 0.6 is 0 Å². The molecule has 0 heterocycles. The van der Waals surface area contributed by atoms with E-state index in [4.69, 9.17) is 0 Å². The summed E-state index contributed by atoms with van der Waals surface area (Å²) in [6, 6.07) is 1.67. The van der Waals surface area contributed by atoms with E-state index in [1.54, 1.807) is 0 Å². The summed E-state index contributed by atoms with van der Waals surface area (Å²) in [6.07, 6.45) is 13.0. The van der Waals surface area contributed by atoms with Crippen LogP contribution in [0.3, 0.4) is 0 Å². The third-order valence-corrected chi connectivity index (χ3v) is 5.10. The Morgan fingerprint density at radius 3 is 2.33 bits per heavy atom. The zero-order chi connectivity index (χ0) is 12.8. The monoisotopic (exact) mass is 252 g/mol. The fourth-order valence-electron chi connectivity index (χ4n) is 4.00. The molecular weight excluding hydrogens is 220 g/mol. The van der Waals surface area contributed by atoms with Crippen molar-refractivity contribution in [1.29, 1.82) is 0 Å². The van der Waals surface area contributed by atoms with E-state index in [9.17, 15) is 0 Å². The summed E-state index contributed by atoms with van der Waals surface area (Å²) in [5, 5.41) is 3.69. The Morgan fingerprint density at radius 2 is 1.67 bits per heavy atom. The molecule has 0 aromatic rings. The Hall–Kier alpha value is -0.0800. The first-order valence-electron chi connectivity index (χ1n) is 8.25. The number of hydrogen-bond donors (Lipinski definition) is 1. The van der Waals surface area contributed by atoms with Gasteiger partial charge in [0.05, 0.1) is 0 Å². The van der Waals surface area contributed by atoms with Crippen LogP contribution in [-0.4, -0.2) is 37.1 Å². The molecule has 0 radical (unpaired) electrons. The quantitative estimate of drug-likeness (QED) is 0.754. The van der Waals surface area contributed by atoms with Crippen molar-refractivity contribution in [1.82, 2.24) is 10.2 Å². The van der Waals surface area contributed by atoms with Gasteiger partial charge in [-0.1, -0.05) is 39.0 Å². The van der Waals surface area contributed by atoms with E-state index in [1.165, 1.54) is 64.3 Å². The van der Waals surface area contributed by atoms with E-state index in [0.29, 0.717) is 0 Å². The summed E-state index contributed by atoms with van der Waals surface area (Å²) in [6.45, 7) is 4.70. The van der Waals surface area contributed by atoms with Gasteiger partial charge in [0, 0.05) is 18.6 Å². The van der Waals surface area contributed by atoms with Crippen LogP contribution in [0.15, 0.2) is 0 Å². The van der Waals surface area contributed by atoms with Gasteiger partial charge in [0.15, 0.2) is 0 Å². The lowest BCUT2D eigenvalue weighted by Gasteiger charge is -2.32. The van der Waals surface area contributed by atoms with Gasteiger partial charge >= 0.3 is 0 Å². The lowest BCUT2D eigenvalue weighted by atomic mass is 10.0. The van der Waals surface area contributed by atoms with Gasteiger partial charge in [0.25, 0.3) is 0 Å². The van der Waals surface area contributed by atoms with Crippen LogP contribution in [0, 0.1) is 5.92 Å². The zero-order valence-electron chi connectivity index (χ0n) is 12.5. The molecule has 106 valence electrons. The molecule has 2 nitrogen and oxygen atoms in total. The predicted octanol–water partition coefficient (Wildman–Crippen LogP) is 3.42. The Kier molecular flexibility index (Phi) is 5.97. The Morgan fingerprint density at radius 1 is 0.944 bits per heavy atom. The van der Waals surface area contributed by atoms with Crippen LogP contribution in [0.5, 0.6) is 0 Å². The first-order valence-corrected chi connectivity index (χ1v) is 8.25. The maximum atomic E-state index is 3.69. The van der Waals surface area contributed by atoms with Gasteiger partial charge in [0.2, 0.25) is 0 Å². The molecule has 18 heavy (non-hydrogen) atoms. The highest BCUT2D eigenvalue weighted by Crippen LogP contribution is 2.28. The van der Waals surface area contributed by atoms with Crippen LogP contribution in [0.2, 0.25) is 0 Å². The highest BCUT2D eigenvalue weighted by molar-refractivity contribution is 4.86. The van der Waals surface area contributed by atoms with Crippen molar-refractivity contribution in [3.63, 3.8) is 0 Å². The van der Waals surface area contributed by atoms with Crippen LogP contribution in [-0.2, 0) is 0 Å². The SMILES string of the molecule is CCNC1CCCC1CN(C)C1CCCCCC1. The third-order valence-electron chi connectivity index (χ3n) is 5.10. The van der Waals surface area contributed by atoms with Gasteiger partial charge in [0.1, 0.15) is 0 Å². The maximum absolute atomic E-state index is 3.69. The number of nitrogens with one attached hydrogen (secondary N) is 1. The third kappa shape index (κ3) is 3.96. The van der Waals surface area contributed by atoms with Gasteiger partial charge in [-0.15, -0.1) is 0 Å². The number of nitrogens with zero attached hydrogens (tertiary/aromatic N) is 1. The van der Waals surface area contributed by atoms with Gasteiger partial charge < -0.3 is 10.2 Å². The largest absolute Gasteiger partial charge is 0.314 e. The molecule has 0 spiro atoms. The highest BCUT2D eigenvalue weighted by Gasteiger charge is 2.29. The first kappa shape index (κ1) is 14.3. The second kappa shape index (κ2) is 7.49. The number of hydrogen-bond acceptors (Lipinski definition) is 2. The molecule has 0 saturated heterocycles. The molecule has 2 heteroatoms. The normalized spacial score (nSPS) is 30.8. The van der Waals surface area contributed by atoms with Crippen LogP contribution in [0.1, 0.15) is 64.7 Å². The minimum absolute atomic E-state index is 0.795. The average Bonchev–Trinajstić information content (AvgIpc) is 2.66. The Bertz CT molecular complexity index is 221. The molecule has 2 rings (SSSR count). The average molecular weight is 252 g/mol. The molecule has 2 atom stereocenters. The molecule has 2 aliphatic carbocycles. The van der Waals surface area contributed by atoms with E-state index in [2.05, 4.69) is 24.2 Å². The molecule has 2 unspecified atom stereocenters. The van der Waals surface area contributed by atoms with Crippen LogP contribution < -0.4 is 5.32 Å². The molecule has 0 amide bonds. The molecule has 2 saturated carbocycles. The van der Waals surface area contributed by atoms with E-state index in [0.717, 1.165) is 24.5 Å². The summed E-state index contributed by atoms with van der Waals surface area (Å²) in [4.78, 5) is 2.69. The van der Waals surface area contributed by atoms with E-state index >= 15 is 0 Å². The summed E-state index contributed by atoms with van der Waals surface area (Å²) in [7, 11) is 2.37. The molecule has 0 aromatic carbocycles. The van der Waals surface area contributed by atoms with Crippen LogP contribution in [0.25, 0.3) is 0 Å². The molecule has 2 aliphatic rings. The topological polar surface area (TPSA) is 15.3 Å². The van der Waals surface area contributed by atoms with Gasteiger partial charge in [-0.2, -0.15) is 0 Å². The molecule has 0 bridgehead atoms. The second-order valence-corrected chi connectivity index (χ2v) is 6.44. The summed E-state index contributed by atoms with van der Waals surface area (Å²) in [5.41, 5.74) is 0. The van der Waals surface area contributed by atoms with Crippen molar-refractivity contribution in [2.45, 2.75) is 76.8 Å². The van der Waals surface area contributed by atoms with Gasteiger partial charge in [-0.3, -0.25) is 0 Å². The van der Waals surface area contributed by atoms with E-state index < -0.39 is 0 Å². The molecule has 0 aromatic heterocycles. The standard InChI is InChI=1S/C16H32N2/c1-3-17-16-12-8-9-14(16)13-18(2)15-10-6-4-5-7-11-15/h14-17H,3-13H2,1-2H3. The molecule has 0 aliphatic heterocycles. The predicted molar refractivity (Wildman–Crippen MR) is 78.9 cm³/mol. The van der Waals surface area contributed by atoms with Crippen LogP contribution in [0.4, 0.5) is 0 Å². The van der Waals surface area contributed by atoms with Crippen molar-refractivity contribution >= 4 is 0 Å². The second-order valence-electron chi connectivity index (χ2n) is 6.44. The zero-order valence-corrected chi connectivity index (χ0v) is 12.5. The van der Waals surface area contributed by atoms with Gasteiger partial charge in [-0.05, 0) is 45.2 Å². The summed E-state index contributed by atoms with van der Waals surface area (Å²) < 4.78 is 0. The molecular formula is C16H32N2. The lowest BCUT2D eigenvalue weighted by Crippen LogP contribution is -2.41. The van der Waals surface area contributed by atoms with Gasteiger partial charge in [-0.25, -0.2) is 0 Å². The number of rotatable bonds is 5. The van der Waals surface area contributed by atoms with Crippen molar-refractivity contribution < 1.29 is 0 Å². The summed E-state index contributed by atoms with van der Waals surface area (Å²) >= 11 is 0. The minimum atomic E-state index is 0.795. The van der Waals surface area contributed by atoms with Crippen molar-refractivity contribution in [2.75, 3.05) is 20.1 Å². The Labute approximate surface area is 114 Å². The minimum Gasteiger partial charge on any atom is -0.314 e.